The summed E-state index contributed by atoms with van der Waals surface area (Å²) in [6.45, 7) is 0.444. The lowest BCUT2D eigenvalue weighted by Gasteiger charge is -2.17. The summed E-state index contributed by atoms with van der Waals surface area (Å²) in [6, 6.07) is 13.1. The number of benzene rings is 2. The number of thiazole rings is 1. The molecule has 0 saturated carbocycles. The molecule has 0 atom stereocenters. The van der Waals surface area contributed by atoms with Crippen LogP contribution < -0.4 is 9.70 Å². The quantitative estimate of drug-likeness (QED) is 0.542. The van der Waals surface area contributed by atoms with Crippen LogP contribution in [0, 0.1) is 0 Å². The summed E-state index contributed by atoms with van der Waals surface area (Å²) < 4.78 is 28.5. The van der Waals surface area contributed by atoms with Gasteiger partial charge in [-0.1, -0.05) is 45.5 Å². The molecule has 2 aromatic carbocycles. The van der Waals surface area contributed by atoms with Gasteiger partial charge in [-0.25, -0.2) is 8.42 Å². The Hall–Kier alpha value is -2.30. The molecule has 1 aliphatic rings. The molecule has 156 valence electrons. The van der Waals surface area contributed by atoms with Crippen LogP contribution in [0.5, 0.6) is 0 Å². The second kappa shape index (κ2) is 8.09. The third-order valence-electron chi connectivity index (χ3n) is 4.87. The number of rotatable bonds is 4. The summed E-state index contributed by atoms with van der Waals surface area (Å²) in [5.74, 6) is -2.82. The number of anilines is 1. The molecule has 1 aliphatic heterocycles. The van der Waals surface area contributed by atoms with Crippen molar-refractivity contribution in [2.75, 3.05) is 23.0 Å². The summed E-state index contributed by atoms with van der Waals surface area (Å²) >= 11 is 4.70. The molecule has 0 N–H and O–H groups in total. The zero-order chi connectivity index (χ0) is 21.5. The maximum Gasteiger partial charge on any atom is 0.263 e. The van der Waals surface area contributed by atoms with Gasteiger partial charge < -0.3 is 9.47 Å². The van der Waals surface area contributed by atoms with Gasteiger partial charge in [0, 0.05) is 23.8 Å². The van der Waals surface area contributed by atoms with Crippen LogP contribution in [0.1, 0.15) is 5.56 Å². The fourth-order valence-electron chi connectivity index (χ4n) is 3.46. The predicted octanol–water partition coefficient (Wildman–Crippen LogP) is 2.43. The van der Waals surface area contributed by atoms with E-state index < -0.39 is 33.2 Å². The summed E-state index contributed by atoms with van der Waals surface area (Å²) in [4.78, 5) is 30.8. The number of aromatic nitrogens is 1. The van der Waals surface area contributed by atoms with Crippen LogP contribution in [-0.4, -0.2) is 42.8 Å². The van der Waals surface area contributed by atoms with Crippen molar-refractivity contribution in [1.29, 1.82) is 0 Å². The number of hydrogen-bond acceptors (Lipinski definition) is 5. The molecular weight excluding hydrogens is 490 g/mol. The number of amides is 2. The first-order valence-electron chi connectivity index (χ1n) is 9.15. The molecule has 0 bridgehead atoms. The van der Waals surface area contributed by atoms with Crippen molar-refractivity contribution in [2.24, 2.45) is 12.0 Å². The second-order valence-corrected chi connectivity index (χ2v) is 11.0. The summed E-state index contributed by atoms with van der Waals surface area (Å²) in [5.41, 5.74) is 2.64. The minimum absolute atomic E-state index is 0.406. The van der Waals surface area contributed by atoms with E-state index in [9.17, 15) is 18.0 Å². The maximum absolute atomic E-state index is 12.6. The largest absolute Gasteiger partial charge is 0.319 e. The van der Waals surface area contributed by atoms with Crippen molar-refractivity contribution in [3.63, 3.8) is 0 Å². The van der Waals surface area contributed by atoms with E-state index in [0.29, 0.717) is 17.8 Å². The average Bonchev–Trinajstić information content (AvgIpc) is 3.22. The zero-order valence-electron chi connectivity index (χ0n) is 16.0. The molecule has 0 radical (unpaired) electrons. The van der Waals surface area contributed by atoms with E-state index in [1.165, 1.54) is 16.2 Å². The van der Waals surface area contributed by atoms with Crippen molar-refractivity contribution in [3.8, 4) is 0 Å². The first kappa shape index (κ1) is 21.0. The number of aryl methyl sites for hydroxylation is 1. The molecule has 0 unspecified atom stereocenters. The van der Waals surface area contributed by atoms with Crippen LogP contribution in [0.25, 0.3) is 10.2 Å². The Bertz CT molecular complexity index is 1340. The number of sulfone groups is 1. The Morgan fingerprint density at radius 2 is 1.93 bits per heavy atom. The second-order valence-electron chi connectivity index (χ2n) is 7.02. The molecule has 3 aromatic rings. The first-order valence-corrected chi connectivity index (χ1v) is 12.6. The number of fused-ring (bicyclic) bond motifs is 2. The monoisotopic (exact) mass is 507 g/mol. The Kier molecular flexibility index (Phi) is 5.65. The highest BCUT2D eigenvalue weighted by Crippen LogP contribution is 2.27. The van der Waals surface area contributed by atoms with E-state index in [1.807, 2.05) is 36.4 Å². The van der Waals surface area contributed by atoms with Crippen molar-refractivity contribution in [1.82, 2.24) is 4.57 Å². The van der Waals surface area contributed by atoms with Gasteiger partial charge in [0.25, 0.3) is 5.91 Å². The Labute approximate surface area is 185 Å². The normalized spacial score (nSPS) is 14.3. The molecule has 1 aromatic heterocycles. The Morgan fingerprint density at radius 3 is 2.73 bits per heavy atom. The fourth-order valence-corrected chi connectivity index (χ4v) is 6.12. The summed E-state index contributed by atoms with van der Waals surface area (Å²) in [6.07, 6.45) is 0.689. The number of carbonyl (C=O) groups is 2. The average molecular weight is 508 g/mol. The zero-order valence-corrected chi connectivity index (χ0v) is 19.3. The van der Waals surface area contributed by atoms with Gasteiger partial charge in [0.2, 0.25) is 5.91 Å². The van der Waals surface area contributed by atoms with E-state index in [1.54, 1.807) is 17.7 Å². The van der Waals surface area contributed by atoms with E-state index in [4.69, 9.17) is 0 Å². The molecule has 10 heteroatoms. The Morgan fingerprint density at radius 1 is 1.17 bits per heavy atom. The molecule has 2 amide bonds. The molecule has 0 fully saturated rings. The highest BCUT2D eigenvalue weighted by atomic mass is 79.9. The lowest BCUT2D eigenvalue weighted by atomic mass is 10.2. The van der Waals surface area contributed by atoms with Gasteiger partial charge in [-0.05, 0) is 36.2 Å². The highest BCUT2D eigenvalue weighted by Gasteiger charge is 2.29. The molecule has 4 rings (SSSR count). The van der Waals surface area contributed by atoms with Crippen molar-refractivity contribution in [3.05, 3.63) is 57.3 Å². The predicted molar refractivity (Wildman–Crippen MR) is 120 cm³/mol. The number of nitrogens with zero attached hydrogens (tertiary/aromatic N) is 3. The van der Waals surface area contributed by atoms with E-state index in [-0.39, 0.29) is 0 Å². The van der Waals surface area contributed by atoms with Crippen molar-refractivity contribution < 1.29 is 18.0 Å². The van der Waals surface area contributed by atoms with Crippen LogP contribution in [0.3, 0.4) is 0 Å². The van der Waals surface area contributed by atoms with Crippen LogP contribution in [0.15, 0.2) is 51.9 Å². The lowest BCUT2D eigenvalue weighted by molar-refractivity contribution is -0.116. The van der Waals surface area contributed by atoms with Crippen molar-refractivity contribution >= 4 is 64.8 Å². The minimum Gasteiger partial charge on any atom is -0.319 e. The first-order chi connectivity index (χ1) is 14.2. The number of hydrogen-bond donors (Lipinski definition) is 0. The number of carbonyl (C=O) groups excluding carboxylic acids is 2. The lowest BCUT2D eigenvalue weighted by Crippen LogP contribution is -2.36. The summed E-state index contributed by atoms with van der Waals surface area (Å²) in [7, 11) is -2.17. The third-order valence-corrected chi connectivity index (χ3v) is 7.83. The molecule has 2 heterocycles. The summed E-state index contributed by atoms with van der Waals surface area (Å²) in [5, 5.41) is 0. The molecule has 30 heavy (non-hydrogen) atoms. The van der Waals surface area contributed by atoms with Crippen LogP contribution in [0.2, 0.25) is 0 Å². The van der Waals surface area contributed by atoms with E-state index in [2.05, 4.69) is 20.9 Å². The molecule has 0 spiro atoms. The SMILES string of the molecule is Cn1c(=NC(=O)CS(=O)(=O)CC(=O)N2CCc3ccccc32)sc2cc(Br)ccc21. The Balaban J connectivity index is 1.50. The van der Waals surface area contributed by atoms with Gasteiger partial charge in [-0.3, -0.25) is 9.59 Å². The molecular formula is C20H18BrN3O4S2. The maximum atomic E-state index is 12.6. The van der Waals surface area contributed by atoms with Crippen LogP contribution >= 0.6 is 27.3 Å². The molecule has 0 aliphatic carbocycles. The topological polar surface area (TPSA) is 88.8 Å². The van der Waals surface area contributed by atoms with E-state index in [0.717, 1.165) is 25.9 Å². The van der Waals surface area contributed by atoms with Gasteiger partial charge >= 0.3 is 0 Å². The van der Waals surface area contributed by atoms with Gasteiger partial charge in [0.05, 0.1) is 10.2 Å². The van der Waals surface area contributed by atoms with Crippen molar-refractivity contribution in [2.45, 2.75) is 6.42 Å². The van der Waals surface area contributed by atoms with Gasteiger partial charge in [-0.15, -0.1) is 0 Å². The van der Waals surface area contributed by atoms with Crippen LogP contribution in [0.4, 0.5) is 5.69 Å². The minimum atomic E-state index is -3.94. The standard InChI is InChI=1S/C20H18BrN3O4S2/c1-23-16-7-6-14(21)10-17(16)29-20(23)22-18(25)11-30(27,28)12-19(26)24-9-8-13-4-2-3-5-15(13)24/h2-7,10H,8-9,11-12H2,1H3. The van der Waals surface area contributed by atoms with Gasteiger partial charge in [0.1, 0.15) is 11.5 Å². The number of halogens is 1. The smallest absolute Gasteiger partial charge is 0.263 e. The number of para-hydroxylation sites is 1. The fraction of sp³-hybridized carbons (Fsp3) is 0.250. The van der Waals surface area contributed by atoms with Gasteiger partial charge in [-0.2, -0.15) is 4.99 Å². The van der Waals surface area contributed by atoms with Gasteiger partial charge in [0.15, 0.2) is 14.6 Å². The van der Waals surface area contributed by atoms with Crippen LogP contribution in [-0.2, 0) is 32.9 Å². The highest BCUT2D eigenvalue weighted by molar-refractivity contribution is 9.10. The third kappa shape index (κ3) is 4.26. The molecule has 7 nitrogen and oxygen atoms in total. The molecule has 0 saturated heterocycles. The van der Waals surface area contributed by atoms with E-state index >= 15 is 0 Å².